The highest BCUT2D eigenvalue weighted by Crippen LogP contribution is 2.54. The lowest BCUT2D eigenvalue weighted by atomic mass is 9.77. The SMILES string of the molecule is COc1ccc2ccc3c(c2c1)N=C[C@]1(O3)N(C)c2ccccc2C1(C)C. The summed E-state index contributed by atoms with van der Waals surface area (Å²) < 4.78 is 12.1. The van der Waals surface area contributed by atoms with Crippen molar-refractivity contribution in [2.75, 3.05) is 19.1 Å². The molecule has 136 valence electrons. The summed E-state index contributed by atoms with van der Waals surface area (Å²) in [6, 6.07) is 18.6. The van der Waals surface area contributed by atoms with Gasteiger partial charge in [-0.3, -0.25) is 4.99 Å². The number of benzene rings is 3. The first kappa shape index (κ1) is 16.2. The molecule has 2 heterocycles. The lowest BCUT2D eigenvalue weighted by Gasteiger charge is -2.45. The number of likely N-dealkylation sites (N-methyl/N-ethyl adjacent to an activating group) is 1. The van der Waals surface area contributed by atoms with Crippen LogP contribution < -0.4 is 14.4 Å². The average Bonchev–Trinajstić information content (AvgIpc) is 2.86. The van der Waals surface area contributed by atoms with Gasteiger partial charge < -0.3 is 14.4 Å². The van der Waals surface area contributed by atoms with Gasteiger partial charge in [-0.05, 0) is 49.1 Å². The molecule has 2 aliphatic heterocycles. The highest BCUT2D eigenvalue weighted by Gasteiger charge is 2.58. The summed E-state index contributed by atoms with van der Waals surface area (Å²) in [7, 11) is 3.76. The van der Waals surface area contributed by atoms with Gasteiger partial charge in [-0.1, -0.05) is 30.3 Å². The van der Waals surface area contributed by atoms with E-state index in [9.17, 15) is 0 Å². The highest BCUT2D eigenvalue weighted by atomic mass is 16.5. The molecule has 0 aliphatic carbocycles. The lowest BCUT2D eigenvalue weighted by molar-refractivity contribution is 0.0826. The maximum Gasteiger partial charge on any atom is 0.228 e. The van der Waals surface area contributed by atoms with Gasteiger partial charge in [-0.25, -0.2) is 0 Å². The molecule has 2 aliphatic rings. The Morgan fingerprint density at radius 3 is 2.59 bits per heavy atom. The molecule has 4 nitrogen and oxygen atoms in total. The van der Waals surface area contributed by atoms with Crippen LogP contribution in [-0.2, 0) is 5.41 Å². The number of methoxy groups -OCH3 is 1. The van der Waals surface area contributed by atoms with Crippen LogP contribution in [0.25, 0.3) is 10.8 Å². The first-order valence-corrected chi connectivity index (χ1v) is 9.16. The smallest absolute Gasteiger partial charge is 0.228 e. The van der Waals surface area contributed by atoms with Gasteiger partial charge in [-0.2, -0.15) is 0 Å². The molecule has 27 heavy (non-hydrogen) atoms. The molecule has 3 aromatic carbocycles. The van der Waals surface area contributed by atoms with E-state index in [1.807, 2.05) is 24.4 Å². The van der Waals surface area contributed by atoms with E-state index in [0.29, 0.717) is 0 Å². The summed E-state index contributed by atoms with van der Waals surface area (Å²) in [6.07, 6.45) is 1.97. The van der Waals surface area contributed by atoms with Crippen LogP contribution in [0, 0.1) is 0 Å². The van der Waals surface area contributed by atoms with Crippen molar-refractivity contribution < 1.29 is 9.47 Å². The van der Waals surface area contributed by atoms with Crippen molar-refractivity contribution in [3.63, 3.8) is 0 Å². The van der Waals surface area contributed by atoms with Crippen molar-refractivity contribution in [3.05, 3.63) is 60.2 Å². The summed E-state index contributed by atoms with van der Waals surface area (Å²) in [5, 5.41) is 2.16. The fourth-order valence-electron chi connectivity index (χ4n) is 4.48. The third-order valence-electron chi connectivity index (χ3n) is 6.13. The number of hydrogen-bond acceptors (Lipinski definition) is 4. The Morgan fingerprint density at radius 1 is 1.04 bits per heavy atom. The predicted octanol–water partition coefficient (Wildman–Crippen LogP) is 5.07. The Labute approximate surface area is 159 Å². The van der Waals surface area contributed by atoms with E-state index >= 15 is 0 Å². The van der Waals surface area contributed by atoms with Gasteiger partial charge in [0, 0.05) is 18.1 Å². The van der Waals surface area contributed by atoms with Gasteiger partial charge >= 0.3 is 0 Å². The first-order chi connectivity index (χ1) is 13.0. The van der Waals surface area contributed by atoms with Gasteiger partial charge in [0.1, 0.15) is 17.2 Å². The monoisotopic (exact) mass is 358 g/mol. The third-order valence-corrected chi connectivity index (χ3v) is 6.13. The molecule has 0 unspecified atom stereocenters. The van der Waals surface area contributed by atoms with E-state index in [0.717, 1.165) is 28.0 Å². The molecule has 5 rings (SSSR count). The number of rotatable bonds is 1. The average molecular weight is 358 g/mol. The van der Waals surface area contributed by atoms with Crippen molar-refractivity contribution in [3.8, 4) is 11.5 Å². The van der Waals surface area contributed by atoms with Crippen LogP contribution in [0.5, 0.6) is 11.5 Å². The summed E-state index contributed by atoms with van der Waals surface area (Å²) in [5.41, 5.74) is 2.40. The summed E-state index contributed by atoms with van der Waals surface area (Å²) in [5.74, 6) is 1.61. The second kappa shape index (κ2) is 5.26. The Hall–Kier alpha value is -3.01. The van der Waals surface area contributed by atoms with Crippen molar-refractivity contribution >= 4 is 28.4 Å². The molecule has 1 spiro atoms. The number of anilines is 1. The van der Waals surface area contributed by atoms with Crippen LogP contribution in [0.4, 0.5) is 11.4 Å². The zero-order valence-corrected chi connectivity index (χ0v) is 16.0. The van der Waals surface area contributed by atoms with E-state index in [1.165, 1.54) is 11.3 Å². The second-order valence-electron chi connectivity index (χ2n) is 7.76. The van der Waals surface area contributed by atoms with E-state index < -0.39 is 5.72 Å². The van der Waals surface area contributed by atoms with Crippen molar-refractivity contribution in [1.82, 2.24) is 0 Å². The molecule has 0 radical (unpaired) electrons. The van der Waals surface area contributed by atoms with Crippen LogP contribution in [0.3, 0.4) is 0 Å². The first-order valence-electron chi connectivity index (χ1n) is 9.16. The normalized spacial score (nSPS) is 21.9. The standard InChI is InChI=1S/C23H22N2O2/c1-22(2)18-7-5-6-8-19(18)25(3)23(22)14-24-21-17-13-16(26-4)11-9-15(17)10-12-20(21)27-23/h5-14H,1-4H3/t23-/m1/s1. The summed E-state index contributed by atoms with van der Waals surface area (Å²) in [6.45, 7) is 4.44. The fraction of sp³-hybridized carbons (Fsp3) is 0.261. The lowest BCUT2D eigenvalue weighted by Crippen LogP contribution is -2.61. The summed E-state index contributed by atoms with van der Waals surface area (Å²) >= 11 is 0. The van der Waals surface area contributed by atoms with Crippen LogP contribution >= 0.6 is 0 Å². The van der Waals surface area contributed by atoms with Gasteiger partial charge in [0.2, 0.25) is 5.72 Å². The zero-order valence-electron chi connectivity index (χ0n) is 16.0. The molecule has 0 amide bonds. The third kappa shape index (κ3) is 1.95. The van der Waals surface area contributed by atoms with Crippen molar-refractivity contribution in [2.24, 2.45) is 4.99 Å². The number of fused-ring (bicyclic) bond motifs is 4. The van der Waals surface area contributed by atoms with E-state index in [1.54, 1.807) is 7.11 Å². The predicted molar refractivity (Wildman–Crippen MR) is 110 cm³/mol. The highest BCUT2D eigenvalue weighted by molar-refractivity contribution is 6.00. The molecular formula is C23H22N2O2. The Bertz CT molecular complexity index is 1100. The Morgan fingerprint density at radius 2 is 1.81 bits per heavy atom. The molecule has 0 N–H and O–H groups in total. The zero-order chi connectivity index (χ0) is 18.8. The molecule has 0 saturated carbocycles. The molecule has 4 heteroatoms. The number of ether oxygens (including phenoxy) is 2. The maximum atomic E-state index is 6.71. The Balaban J connectivity index is 1.70. The van der Waals surface area contributed by atoms with Gasteiger partial charge in [0.05, 0.1) is 18.7 Å². The number of para-hydroxylation sites is 1. The van der Waals surface area contributed by atoms with Gasteiger partial charge in [0.15, 0.2) is 0 Å². The fourth-order valence-corrected chi connectivity index (χ4v) is 4.48. The molecular weight excluding hydrogens is 336 g/mol. The molecule has 0 fully saturated rings. The minimum atomic E-state index is -0.657. The van der Waals surface area contributed by atoms with Crippen molar-refractivity contribution in [1.29, 1.82) is 0 Å². The van der Waals surface area contributed by atoms with Gasteiger partial charge in [0.25, 0.3) is 0 Å². The number of nitrogens with zero attached hydrogens (tertiary/aromatic N) is 2. The summed E-state index contributed by atoms with van der Waals surface area (Å²) in [4.78, 5) is 7.11. The maximum absolute atomic E-state index is 6.71. The van der Waals surface area contributed by atoms with E-state index in [4.69, 9.17) is 14.5 Å². The largest absolute Gasteiger partial charge is 0.497 e. The molecule has 0 bridgehead atoms. The molecule has 0 saturated heterocycles. The van der Waals surface area contributed by atoms with E-state index in [-0.39, 0.29) is 5.41 Å². The van der Waals surface area contributed by atoms with Gasteiger partial charge in [-0.15, -0.1) is 0 Å². The molecule has 0 aromatic heterocycles. The Kier molecular flexibility index (Phi) is 3.15. The molecule has 1 atom stereocenters. The topological polar surface area (TPSA) is 34.1 Å². The molecule has 3 aromatic rings. The van der Waals surface area contributed by atoms with Crippen LogP contribution in [-0.4, -0.2) is 26.1 Å². The van der Waals surface area contributed by atoms with Crippen LogP contribution in [0.15, 0.2) is 59.6 Å². The van der Waals surface area contributed by atoms with Crippen LogP contribution in [0.1, 0.15) is 19.4 Å². The van der Waals surface area contributed by atoms with E-state index in [2.05, 4.69) is 62.2 Å². The number of aliphatic imine (C=N–C) groups is 1. The van der Waals surface area contributed by atoms with Crippen LogP contribution in [0.2, 0.25) is 0 Å². The van der Waals surface area contributed by atoms with Crippen molar-refractivity contribution in [2.45, 2.75) is 25.0 Å². The quantitative estimate of drug-likeness (QED) is 0.609. The number of hydrogen-bond donors (Lipinski definition) is 0. The second-order valence-corrected chi connectivity index (χ2v) is 7.76. The minimum Gasteiger partial charge on any atom is -0.497 e. The minimum absolute atomic E-state index is 0.247.